The van der Waals surface area contributed by atoms with Crippen molar-refractivity contribution in [2.45, 2.75) is 93.0 Å². The maximum Gasteiger partial charge on any atom is 0.219 e. The van der Waals surface area contributed by atoms with Crippen LogP contribution in [-0.4, -0.2) is 81.0 Å². The molecule has 0 aliphatic carbocycles. The van der Waals surface area contributed by atoms with Gasteiger partial charge < -0.3 is 9.80 Å². The fourth-order valence-corrected chi connectivity index (χ4v) is 2.52. The van der Waals surface area contributed by atoms with Crippen LogP contribution >= 0.6 is 0 Å². The van der Waals surface area contributed by atoms with Crippen molar-refractivity contribution in [3.05, 3.63) is 0 Å². The fraction of sp³-hybridized carbons (Fsp3) is 0.955. The van der Waals surface area contributed by atoms with E-state index in [1.54, 1.807) is 11.8 Å². The van der Waals surface area contributed by atoms with E-state index < -0.39 is 10.0 Å². The zero-order chi connectivity index (χ0) is 19.1. The minimum Gasteiger partial charge on any atom is -0.343 e. The highest BCUT2D eigenvalue weighted by Crippen LogP contribution is 1.94. The van der Waals surface area contributed by atoms with Crippen molar-refractivity contribution in [2.75, 3.05) is 52.6 Å². The number of hydrogen-bond acceptors (Lipinski definition) is 4. The zero-order valence-electron chi connectivity index (χ0n) is 16.7. The summed E-state index contributed by atoms with van der Waals surface area (Å²) in [6.45, 7) is 18.6. The van der Waals surface area contributed by atoms with Crippen LogP contribution in [0.2, 0.25) is 0 Å². The predicted octanol–water partition coefficient (Wildman–Crippen LogP) is 5.94. The van der Waals surface area contributed by atoms with Crippen LogP contribution in [0.5, 0.6) is 0 Å². The van der Waals surface area contributed by atoms with Gasteiger partial charge in [0.2, 0.25) is 15.9 Å². The maximum atomic E-state index is 10.7. The first-order chi connectivity index (χ1) is 10.5. The van der Waals surface area contributed by atoms with Crippen LogP contribution in [0, 0.1) is 0 Å². The SMILES string of the molecule is C.C.C.C.C.C.CCN(C)CC.CCN(CC)C(C)=O.CCN(CC)S(C)(=O)=O. The Bertz CT molecular complexity index is 363. The molecule has 6 nitrogen and oxygen atoms in total. The first-order valence-electron chi connectivity index (χ1n) is 8.44. The van der Waals surface area contributed by atoms with Crippen LogP contribution < -0.4 is 0 Å². The minimum atomic E-state index is -2.93. The molecule has 29 heavy (non-hydrogen) atoms. The molecule has 0 radical (unpaired) electrons. The molecule has 0 unspecified atom stereocenters. The summed E-state index contributed by atoms with van der Waals surface area (Å²) in [5.41, 5.74) is 0. The van der Waals surface area contributed by atoms with E-state index in [1.165, 1.54) is 10.6 Å². The van der Waals surface area contributed by atoms with Gasteiger partial charge in [0.15, 0.2) is 0 Å². The van der Waals surface area contributed by atoms with E-state index in [0.717, 1.165) is 26.2 Å². The molecule has 1 amide bonds. The van der Waals surface area contributed by atoms with Crippen LogP contribution in [0.1, 0.15) is 93.0 Å². The van der Waals surface area contributed by atoms with E-state index in [0.29, 0.717) is 13.1 Å². The van der Waals surface area contributed by atoms with Crippen molar-refractivity contribution in [1.82, 2.24) is 14.1 Å². The lowest BCUT2D eigenvalue weighted by Gasteiger charge is -2.14. The van der Waals surface area contributed by atoms with Crippen LogP contribution in [0.3, 0.4) is 0 Å². The standard InChI is InChI=1S/C6H13NO.C5H13NO2S.C5H13N.6CH4/c1-4-7(5-2)6(3)8;1-4-6(5-2)9(3,7)8;1-4-6(3)5-2;;;;;;/h4-5H2,1-3H3;4-5H2,1-3H3;4-5H2,1-3H3;6*1H4. The monoisotopic (exact) mass is 449 g/mol. The first-order valence-corrected chi connectivity index (χ1v) is 10.3. The molecule has 0 bridgehead atoms. The van der Waals surface area contributed by atoms with E-state index in [9.17, 15) is 13.2 Å². The Kier molecular flexibility index (Phi) is 68.0. The summed E-state index contributed by atoms with van der Waals surface area (Å²) in [6.07, 6.45) is 1.22. The van der Waals surface area contributed by atoms with Crippen molar-refractivity contribution >= 4 is 15.9 Å². The molecule has 0 aliphatic rings. The third kappa shape index (κ3) is 38.5. The summed E-state index contributed by atoms with van der Waals surface area (Å²) in [6, 6.07) is 0. The van der Waals surface area contributed by atoms with Crippen molar-refractivity contribution in [2.24, 2.45) is 0 Å². The number of hydrogen-bond donors (Lipinski definition) is 0. The molecule has 0 saturated heterocycles. The summed E-state index contributed by atoms with van der Waals surface area (Å²) in [4.78, 5) is 14.6. The molecule has 0 saturated carbocycles. The molecule has 0 heterocycles. The maximum absolute atomic E-state index is 10.7. The Morgan fingerprint density at radius 3 is 0.931 bits per heavy atom. The predicted molar refractivity (Wildman–Crippen MR) is 141 cm³/mol. The van der Waals surface area contributed by atoms with Crippen molar-refractivity contribution in [3.8, 4) is 0 Å². The number of amides is 1. The van der Waals surface area contributed by atoms with E-state index in [2.05, 4.69) is 25.8 Å². The smallest absolute Gasteiger partial charge is 0.219 e. The Morgan fingerprint density at radius 1 is 0.655 bits per heavy atom. The Morgan fingerprint density at radius 2 is 0.931 bits per heavy atom. The van der Waals surface area contributed by atoms with Gasteiger partial charge in [0.25, 0.3) is 0 Å². The van der Waals surface area contributed by atoms with Crippen LogP contribution in [0.15, 0.2) is 0 Å². The van der Waals surface area contributed by atoms with Crippen LogP contribution in [0.4, 0.5) is 0 Å². The molecule has 0 aromatic heterocycles. The summed E-state index contributed by atoms with van der Waals surface area (Å²) >= 11 is 0. The molecule has 0 N–H and O–H groups in total. The third-order valence-electron chi connectivity index (χ3n) is 3.46. The topological polar surface area (TPSA) is 60.9 Å². The second-order valence-electron chi connectivity index (χ2n) is 5.03. The Labute approximate surface area is 189 Å². The number of rotatable bonds is 7. The van der Waals surface area contributed by atoms with Crippen molar-refractivity contribution in [3.63, 3.8) is 0 Å². The largest absolute Gasteiger partial charge is 0.343 e. The van der Waals surface area contributed by atoms with Gasteiger partial charge in [0, 0.05) is 33.1 Å². The van der Waals surface area contributed by atoms with E-state index in [-0.39, 0.29) is 50.5 Å². The second-order valence-corrected chi connectivity index (χ2v) is 7.01. The lowest BCUT2D eigenvalue weighted by atomic mass is 10.5. The lowest BCUT2D eigenvalue weighted by Crippen LogP contribution is -2.29. The summed E-state index contributed by atoms with van der Waals surface area (Å²) in [7, 11) is -0.821. The van der Waals surface area contributed by atoms with E-state index in [1.807, 2.05) is 27.7 Å². The van der Waals surface area contributed by atoms with Gasteiger partial charge in [-0.05, 0) is 34.0 Å². The molecule has 0 aromatic rings. The quantitative estimate of drug-likeness (QED) is 0.482. The minimum absolute atomic E-state index is 0. The molecule has 0 aromatic carbocycles. The summed E-state index contributed by atoms with van der Waals surface area (Å²) in [5.74, 6) is 0.162. The molecular weight excluding hydrogens is 386 g/mol. The second kappa shape index (κ2) is 34.8. The highest BCUT2D eigenvalue weighted by Gasteiger charge is 2.09. The van der Waals surface area contributed by atoms with Crippen molar-refractivity contribution < 1.29 is 13.2 Å². The number of sulfonamides is 1. The average molecular weight is 450 g/mol. The molecule has 0 aliphatic heterocycles. The Balaban J connectivity index is -0.0000000272. The van der Waals surface area contributed by atoms with E-state index >= 15 is 0 Å². The highest BCUT2D eigenvalue weighted by molar-refractivity contribution is 7.88. The van der Waals surface area contributed by atoms with Gasteiger partial charge in [-0.25, -0.2) is 12.7 Å². The molecule has 0 spiro atoms. The first kappa shape index (κ1) is 56.6. The van der Waals surface area contributed by atoms with Gasteiger partial charge in [-0.2, -0.15) is 0 Å². The molecule has 0 atom stereocenters. The Hall–Kier alpha value is -0.660. The van der Waals surface area contributed by atoms with Gasteiger partial charge >= 0.3 is 0 Å². The number of carbonyl (C=O) groups excluding carboxylic acids is 1. The van der Waals surface area contributed by atoms with Gasteiger partial charge in [-0.15, -0.1) is 0 Å². The van der Waals surface area contributed by atoms with E-state index in [4.69, 9.17) is 0 Å². The summed E-state index contributed by atoms with van der Waals surface area (Å²) in [5, 5.41) is 0. The van der Waals surface area contributed by atoms with Crippen LogP contribution in [-0.2, 0) is 14.8 Å². The summed E-state index contributed by atoms with van der Waals surface area (Å²) < 4.78 is 22.8. The molecule has 190 valence electrons. The third-order valence-corrected chi connectivity index (χ3v) is 4.92. The molecule has 0 rings (SSSR count). The number of carbonyl (C=O) groups is 1. The van der Waals surface area contributed by atoms with Crippen molar-refractivity contribution in [1.29, 1.82) is 0 Å². The van der Waals surface area contributed by atoms with Gasteiger partial charge in [0.1, 0.15) is 0 Å². The average Bonchev–Trinajstić information content (AvgIpc) is 2.48. The lowest BCUT2D eigenvalue weighted by molar-refractivity contribution is -0.128. The van der Waals surface area contributed by atoms with Crippen LogP contribution in [0.25, 0.3) is 0 Å². The fourth-order valence-electron chi connectivity index (χ4n) is 1.59. The molecule has 7 heteroatoms. The zero-order valence-corrected chi connectivity index (χ0v) is 17.5. The van der Waals surface area contributed by atoms with Gasteiger partial charge in [-0.1, -0.05) is 72.3 Å². The molecular formula is C22H63N3O3S. The number of nitrogens with zero attached hydrogens (tertiary/aromatic N) is 3. The van der Waals surface area contributed by atoms with Gasteiger partial charge in [-0.3, -0.25) is 4.79 Å². The normalized spacial score (nSPS) is 8.38. The van der Waals surface area contributed by atoms with Gasteiger partial charge in [0.05, 0.1) is 6.26 Å². The highest BCUT2D eigenvalue weighted by atomic mass is 32.2. The molecule has 0 fully saturated rings.